The Bertz CT molecular complexity index is 749. The van der Waals surface area contributed by atoms with Gasteiger partial charge in [-0.3, -0.25) is 9.88 Å². The minimum absolute atomic E-state index is 0.754. The molecule has 1 aliphatic rings. The molecule has 1 aromatic heterocycles. The molecular weight excluding hydrogens is 342 g/mol. The fraction of sp³-hybridized carbons (Fsp3) is 0.429. The smallest absolute Gasteiger partial charge is 0.123 e. The van der Waals surface area contributed by atoms with E-state index in [1.54, 1.807) is 7.11 Å². The topological polar surface area (TPSA) is 28.6 Å². The molecule has 0 atom stereocenters. The normalized spacial score (nSPS) is 15.1. The van der Waals surface area contributed by atoms with Crippen LogP contribution in [0.1, 0.15) is 22.5 Å². The summed E-state index contributed by atoms with van der Waals surface area (Å²) in [4.78, 5) is 10.4. The van der Waals surface area contributed by atoms with E-state index in [0.29, 0.717) is 0 Å². The van der Waals surface area contributed by atoms with Crippen LogP contribution in [0.15, 0.2) is 36.4 Å². The van der Waals surface area contributed by atoms with Crippen LogP contribution in [0.25, 0.3) is 0 Å². The van der Waals surface area contributed by atoms with Gasteiger partial charge in [0.15, 0.2) is 0 Å². The standard InChI is InChI=1S/C21H27N3OS/c1-16-12-17(2)22-19(13-16)14-21(26)24-10-8-23(9-11-24)15-18-6-4-5-7-20(18)25-3/h4-7,12-13H,8-11,14-15H2,1-3H3. The lowest BCUT2D eigenvalue weighted by molar-refractivity contribution is 0.174. The van der Waals surface area contributed by atoms with Crippen molar-refractivity contribution < 1.29 is 4.74 Å². The molecule has 0 unspecified atom stereocenters. The van der Waals surface area contributed by atoms with Gasteiger partial charge < -0.3 is 9.64 Å². The fourth-order valence-corrected chi connectivity index (χ4v) is 3.84. The van der Waals surface area contributed by atoms with Crippen molar-refractivity contribution in [2.24, 2.45) is 0 Å². The zero-order chi connectivity index (χ0) is 18.5. The Morgan fingerprint density at radius 3 is 2.54 bits per heavy atom. The molecular formula is C21H27N3OS. The lowest BCUT2D eigenvalue weighted by Crippen LogP contribution is -2.48. The molecule has 0 amide bonds. The molecule has 0 N–H and O–H groups in total. The number of rotatable bonds is 5. The third-order valence-electron chi connectivity index (χ3n) is 4.79. The average Bonchev–Trinajstić information content (AvgIpc) is 2.62. The molecule has 1 saturated heterocycles. The number of aromatic nitrogens is 1. The number of nitrogens with zero attached hydrogens (tertiary/aromatic N) is 3. The van der Waals surface area contributed by atoms with Gasteiger partial charge in [-0.05, 0) is 37.6 Å². The van der Waals surface area contributed by atoms with Gasteiger partial charge in [0.2, 0.25) is 0 Å². The van der Waals surface area contributed by atoms with Gasteiger partial charge in [-0.25, -0.2) is 0 Å². The summed E-state index contributed by atoms with van der Waals surface area (Å²) in [5.74, 6) is 0.964. The highest BCUT2D eigenvalue weighted by molar-refractivity contribution is 7.80. The van der Waals surface area contributed by atoms with E-state index >= 15 is 0 Å². The van der Waals surface area contributed by atoms with Crippen molar-refractivity contribution in [2.45, 2.75) is 26.8 Å². The number of pyridine rings is 1. The van der Waals surface area contributed by atoms with Gasteiger partial charge in [-0.1, -0.05) is 30.4 Å². The van der Waals surface area contributed by atoms with E-state index in [1.807, 2.05) is 19.1 Å². The molecule has 0 bridgehead atoms. The van der Waals surface area contributed by atoms with Crippen LogP contribution >= 0.6 is 12.2 Å². The molecule has 0 aliphatic carbocycles. The van der Waals surface area contributed by atoms with Crippen LogP contribution in [0.2, 0.25) is 0 Å². The number of ether oxygens (including phenoxy) is 1. The first-order chi connectivity index (χ1) is 12.5. The molecule has 26 heavy (non-hydrogen) atoms. The summed E-state index contributed by atoms with van der Waals surface area (Å²) in [6, 6.07) is 12.5. The second-order valence-electron chi connectivity index (χ2n) is 6.92. The summed E-state index contributed by atoms with van der Waals surface area (Å²) < 4.78 is 5.47. The number of para-hydroxylation sites is 1. The van der Waals surface area contributed by atoms with Gasteiger partial charge in [-0.2, -0.15) is 0 Å². The Labute approximate surface area is 161 Å². The monoisotopic (exact) mass is 369 g/mol. The second-order valence-corrected chi connectivity index (χ2v) is 7.39. The summed E-state index contributed by atoms with van der Waals surface area (Å²) in [6.45, 7) is 9.03. The maximum absolute atomic E-state index is 5.70. The SMILES string of the molecule is COc1ccccc1CN1CCN(C(=S)Cc2cc(C)cc(C)n2)CC1. The maximum Gasteiger partial charge on any atom is 0.123 e. The van der Waals surface area contributed by atoms with Crippen molar-refractivity contribution in [1.82, 2.24) is 14.8 Å². The Hall–Kier alpha value is -1.98. The van der Waals surface area contributed by atoms with Crippen LogP contribution in [0.4, 0.5) is 0 Å². The Balaban J connectivity index is 1.53. The van der Waals surface area contributed by atoms with Gasteiger partial charge >= 0.3 is 0 Å². The minimum Gasteiger partial charge on any atom is -0.496 e. The van der Waals surface area contributed by atoms with Crippen LogP contribution in [0.3, 0.4) is 0 Å². The molecule has 1 aromatic carbocycles. The first-order valence-corrected chi connectivity index (χ1v) is 9.52. The van der Waals surface area contributed by atoms with Gasteiger partial charge in [0, 0.05) is 56.1 Å². The van der Waals surface area contributed by atoms with Crippen molar-refractivity contribution in [2.75, 3.05) is 33.3 Å². The Morgan fingerprint density at radius 1 is 1.12 bits per heavy atom. The highest BCUT2D eigenvalue weighted by Gasteiger charge is 2.20. The van der Waals surface area contributed by atoms with E-state index in [2.05, 4.69) is 46.0 Å². The molecule has 138 valence electrons. The quantitative estimate of drug-likeness (QED) is 0.754. The molecule has 4 nitrogen and oxygen atoms in total. The number of thiocarbonyl (C=S) groups is 1. The fourth-order valence-electron chi connectivity index (χ4n) is 3.51. The average molecular weight is 370 g/mol. The lowest BCUT2D eigenvalue weighted by Gasteiger charge is -2.36. The number of hydrogen-bond donors (Lipinski definition) is 0. The third-order valence-corrected chi connectivity index (χ3v) is 5.20. The molecule has 2 aromatic rings. The molecule has 1 aliphatic heterocycles. The van der Waals surface area contributed by atoms with Crippen LogP contribution in [-0.4, -0.2) is 53.1 Å². The largest absolute Gasteiger partial charge is 0.496 e. The predicted molar refractivity (Wildman–Crippen MR) is 110 cm³/mol. The zero-order valence-electron chi connectivity index (χ0n) is 15.9. The summed E-state index contributed by atoms with van der Waals surface area (Å²) in [7, 11) is 1.73. The predicted octanol–water partition coefficient (Wildman–Crippen LogP) is 3.39. The first kappa shape index (κ1) is 18.8. The summed E-state index contributed by atoms with van der Waals surface area (Å²) >= 11 is 5.70. The highest BCUT2D eigenvalue weighted by Crippen LogP contribution is 2.20. The Kier molecular flexibility index (Phi) is 6.22. The van der Waals surface area contributed by atoms with Crippen molar-refractivity contribution in [3.63, 3.8) is 0 Å². The first-order valence-electron chi connectivity index (χ1n) is 9.11. The van der Waals surface area contributed by atoms with Gasteiger partial charge in [0.05, 0.1) is 12.1 Å². The van der Waals surface area contributed by atoms with Crippen LogP contribution in [0, 0.1) is 13.8 Å². The molecule has 5 heteroatoms. The number of piperazine rings is 1. The van der Waals surface area contributed by atoms with Gasteiger partial charge in [0.25, 0.3) is 0 Å². The summed E-state index contributed by atoms with van der Waals surface area (Å²) in [5, 5.41) is 0. The summed E-state index contributed by atoms with van der Waals surface area (Å²) in [6.07, 6.45) is 0.754. The van der Waals surface area contributed by atoms with E-state index in [-0.39, 0.29) is 0 Å². The van der Waals surface area contributed by atoms with E-state index in [0.717, 1.165) is 61.3 Å². The molecule has 0 spiro atoms. The van der Waals surface area contributed by atoms with E-state index in [4.69, 9.17) is 17.0 Å². The number of aryl methyl sites for hydroxylation is 2. The van der Waals surface area contributed by atoms with E-state index < -0.39 is 0 Å². The highest BCUT2D eigenvalue weighted by atomic mass is 32.1. The van der Waals surface area contributed by atoms with Crippen LogP contribution in [-0.2, 0) is 13.0 Å². The van der Waals surface area contributed by atoms with Crippen LogP contribution < -0.4 is 4.74 Å². The molecule has 3 rings (SSSR count). The summed E-state index contributed by atoms with van der Waals surface area (Å²) in [5.41, 5.74) is 4.62. The van der Waals surface area contributed by atoms with Gasteiger partial charge in [-0.15, -0.1) is 0 Å². The number of methoxy groups -OCH3 is 1. The maximum atomic E-state index is 5.70. The number of benzene rings is 1. The molecule has 1 fully saturated rings. The van der Waals surface area contributed by atoms with Crippen molar-refractivity contribution in [1.29, 1.82) is 0 Å². The van der Waals surface area contributed by atoms with E-state index in [1.165, 1.54) is 11.1 Å². The zero-order valence-corrected chi connectivity index (χ0v) is 16.7. The third kappa shape index (κ3) is 4.80. The second kappa shape index (κ2) is 8.60. The van der Waals surface area contributed by atoms with Crippen molar-refractivity contribution in [3.8, 4) is 5.75 Å². The number of hydrogen-bond acceptors (Lipinski definition) is 4. The van der Waals surface area contributed by atoms with Crippen molar-refractivity contribution in [3.05, 3.63) is 58.9 Å². The lowest BCUT2D eigenvalue weighted by atomic mass is 10.1. The molecule has 0 saturated carbocycles. The van der Waals surface area contributed by atoms with E-state index in [9.17, 15) is 0 Å². The van der Waals surface area contributed by atoms with Crippen LogP contribution in [0.5, 0.6) is 5.75 Å². The Morgan fingerprint density at radius 2 is 1.85 bits per heavy atom. The van der Waals surface area contributed by atoms with Gasteiger partial charge in [0.1, 0.15) is 5.75 Å². The molecule has 2 heterocycles. The minimum atomic E-state index is 0.754. The molecule has 0 radical (unpaired) electrons. The van der Waals surface area contributed by atoms with Crippen molar-refractivity contribution >= 4 is 17.2 Å².